The van der Waals surface area contributed by atoms with Crippen LogP contribution in [-0.2, 0) is 6.54 Å². The predicted molar refractivity (Wildman–Crippen MR) is 118 cm³/mol. The molecule has 0 amide bonds. The smallest absolute Gasteiger partial charge is 0.343 e. The summed E-state index contributed by atoms with van der Waals surface area (Å²) in [6.07, 6.45) is 4.09. The van der Waals surface area contributed by atoms with E-state index in [0.717, 1.165) is 18.7 Å². The van der Waals surface area contributed by atoms with Gasteiger partial charge < -0.3 is 20.1 Å². The van der Waals surface area contributed by atoms with Crippen LogP contribution < -0.4 is 0 Å². The standard InChI is InChI=1S/C18H24N4O3.CH3I/c1-3-20(4-2)13-16(23)14-21-17(19-12-18(21)22(24)25)11-10-15-8-6-5-7-9-15;1-2/h5-12,16,23H,3-4,13-14H2,1-2H3;1H3. The summed E-state index contributed by atoms with van der Waals surface area (Å²) in [5.41, 5.74) is 0.975. The molecule has 0 fully saturated rings. The van der Waals surface area contributed by atoms with Crippen molar-refractivity contribution in [3.05, 3.63) is 58.0 Å². The Balaban J connectivity index is 0.00000176. The van der Waals surface area contributed by atoms with Crippen molar-refractivity contribution in [2.24, 2.45) is 0 Å². The molecule has 0 aliphatic rings. The third kappa shape index (κ3) is 7.39. The van der Waals surface area contributed by atoms with E-state index in [0.29, 0.717) is 12.4 Å². The highest BCUT2D eigenvalue weighted by Crippen LogP contribution is 2.17. The molecule has 0 spiro atoms. The van der Waals surface area contributed by atoms with Crippen LogP contribution in [0, 0.1) is 10.1 Å². The zero-order chi connectivity index (χ0) is 20.2. The maximum Gasteiger partial charge on any atom is 0.343 e. The number of halogens is 1. The molecule has 1 aromatic carbocycles. The molecule has 0 aliphatic heterocycles. The Hall–Kier alpha value is -1.78. The average molecular weight is 486 g/mol. The summed E-state index contributed by atoms with van der Waals surface area (Å²) in [7, 11) is 0. The predicted octanol–water partition coefficient (Wildman–Crippen LogP) is 3.72. The second-order valence-electron chi connectivity index (χ2n) is 5.73. The number of hydrogen-bond acceptors (Lipinski definition) is 5. The number of rotatable bonds is 9. The number of nitrogens with zero attached hydrogens (tertiary/aromatic N) is 4. The molecule has 1 atom stereocenters. The number of hydrogen-bond donors (Lipinski definition) is 1. The third-order valence-electron chi connectivity index (χ3n) is 4.03. The molecule has 7 nitrogen and oxygen atoms in total. The van der Waals surface area contributed by atoms with E-state index < -0.39 is 11.0 Å². The molecule has 1 N–H and O–H groups in total. The average Bonchev–Trinajstić information content (AvgIpc) is 3.09. The van der Waals surface area contributed by atoms with Gasteiger partial charge in [0.25, 0.3) is 0 Å². The van der Waals surface area contributed by atoms with Crippen molar-refractivity contribution < 1.29 is 10.0 Å². The molecule has 2 aromatic rings. The summed E-state index contributed by atoms with van der Waals surface area (Å²) in [5, 5.41) is 21.6. The summed E-state index contributed by atoms with van der Waals surface area (Å²) in [5.74, 6) is 0.334. The summed E-state index contributed by atoms with van der Waals surface area (Å²) >= 11 is 2.15. The lowest BCUT2D eigenvalue weighted by atomic mass is 10.2. The lowest BCUT2D eigenvalue weighted by molar-refractivity contribution is -0.392. The molecule has 8 heteroatoms. The first-order chi connectivity index (χ1) is 13.0. The van der Waals surface area contributed by atoms with E-state index >= 15 is 0 Å². The zero-order valence-corrected chi connectivity index (χ0v) is 18.1. The monoisotopic (exact) mass is 486 g/mol. The third-order valence-corrected chi connectivity index (χ3v) is 4.03. The van der Waals surface area contributed by atoms with Gasteiger partial charge in [-0.15, -0.1) is 0 Å². The maximum absolute atomic E-state index is 11.3. The molecule has 0 saturated heterocycles. The Labute approximate surface area is 174 Å². The second-order valence-corrected chi connectivity index (χ2v) is 5.73. The van der Waals surface area contributed by atoms with Crippen molar-refractivity contribution in [3.8, 4) is 0 Å². The van der Waals surface area contributed by atoms with E-state index in [2.05, 4.69) is 32.5 Å². The van der Waals surface area contributed by atoms with Crippen LogP contribution in [0.3, 0.4) is 0 Å². The van der Waals surface area contributed by atoms with Crippen molar-refractivity contribution in [1.29, 1.82) is 0 Å². The van der Waals surface area contributed by atoms with Crippen molar-refractivity contribution in [2.45, 2.75) is 26.5 Å². The van der Waals surface area contributed by atoms with Crippen LogP contribution in [-0.4, -0.2) is 55.1 Å². The SMILES string of the molecule is CCN(CC)CC(O)Cn1c([N+](=O)[O-])cnc1C=Cc1ccccc1.CI. The molecule has 148 valence electrons. The van der Waals surface area contributed by atoms with Crippen LogP contribution >= 0.6 is 22.6 Å². The molecule has 0 bridgehead atoms. The van der Waals surface area contributed by atoms with Gasteiger partial charge in [0.05, 0.1) is 0 Å². The van der Waals surface area contributed by atoms with Crippen LogP contribution in [0.5, 0.6) is 0 Å². The van der Waals surface area contributed by atoms with Gasteiger partial charge in [0, 0.05) is 12.6 Å². The number of aliphatic hydroxyl groups is 1. The summed E-state index contributed by atoms with van der Waals surface area (Å²) in [6, 6.07) is 9.64. The van der Waals surface area contributed by atoms with Gasteiger partial charge in [-0.2, -0.15) is 0 Å². The maximum atomic E-state index is 11.3. The van der Waals surface area contributed by atoms with E-state index in [1.54, 1.807) is 6.08 Å². The number of alkyl halides is 1. The molecule has 27 heavy (non-hydrogen) atoms. The van der Waals surface area contributed by atoms with Crippen molar-refractivity contribution in [1.82, 2.24) is 14.5 Å². The Kier molecular flexibility index (Phi) is 10.8. The molecule has 2 rings (SSSR count). The highest BCUT2D eigenvalue weighted by Gasteiger charge is 2.22. The minimum Gasteiger partial charge on any atom is -0.388 e. The number of aromatic nitrogens is 2. The van der Waals surface area contributed by atoms with Gasteiger partial charge in [0.15, 0.2) is 0 Å². The highest BCUT2D eigenvalue weighted by molar-refractivity contribution is 14.1. The largest absolute Gasteiger partial charge is 0.388 e. The fourth-order valence-corrected chi connectivity index (χ4v) is 2.63. The molecular formula is C19H27IN4O3. The van der Waals surface area contributed by atoms with Crippen molar-refractivity contribution in [2.75, 3.05) is 24.6 Å². The Morgan fingerprint density at radius 1 is 1.26 bits per heavy atom. The summed E-state index contributed by atoms with van der Waals surface area (Å²) in [4.78, 5) is 19.0. The molecule has 1 aromatic heterocycles. The Morgan fingerprint density at radius 3 is 2.44 bits per heavy atom. The summed E-state index contributed by atoms with van der Waals surface area (Å²) < 4.78 is 1.45. The first kappa shape index (κ1) is 23.3. The molecule has 0 saturated carbocycles. The Morgan fingerprint density at radius 2 is 1.89 bits per heavy atom. The van der Waals surface area contributed by atoms with Crippen LogP contribution in [0.2, 0.25) is 0 Å². The minimum atomic E-state index is -0.711. The van der Waals surface area contributed by atoms with Gasteiger partial charge in [0.2, 0.25) is 5.82 Å². The fraction of sp³-hybridized carbons (Fsp3) is 0.421. The number of likely N-dealkylation sites (N-methyl/N-ethyl adjacent to an activating group) is 1. The van der Waals surface area contributed by atoms with E-state index in [4.69, 9.17) is 0 Å². The number of nitro groups is 1. The van der Waals surface area contributed by atoms with Crippen LogP contribution in [0.15, 0.2) is 36.5 Å². The van der Waals surface area contributed by atoms with Crippen LogP contribution in [0.1, 0.15) is 25.2 Å². The fourth-order valence-electron chi connectivity index (χ4n) is 2.63. The zero-order valence-electron chi connectivity index (χ0n) is 16.0. The topological polar surface area (TPSA) is 84.4 Å². The van der Waals surface area contributed by atoms with Crippen LogP contribution in [0.4, 0.5) is 5.82 Å². The number of imidazole rings is 1. The van der Waals surface area contributed by atoms with Gasteiger partial charge in [-0.3, -0.25) is 0 Å². The van der Waals surface area contributed by atoms with E-state index in [1.807, 2.05) is 55.2 Å². The van der Waals surface area contributed by atoms with E-state index in [9.17, 15) is 15.2 Å². The lowest BCUT2D eigenvalue weighted by Crippen LogP contribution is -2.34. The summed E-state index contributed by atoms with van der Waals surface area (Å²) in [6.45, 7) is 6.26. The van der Waals surface area contributed by atoms with E-state index in [1.165, 1.54) is 10.8 Å². The minimum absolute atomic E-state index is 0.119. The van der Waals surface area contributed by atoms with Crippen molar-refractivity contribution >= 4 is 40.6 Å². The molecule has 1 unspecified atom stereocenters. The molecule has 0 aliphatic carbocycles. The Bertz CT molecular complexity index is 715. The van der Waals surface area contributed by atoms with Crippen molar-refractivity contribution in [3.63, 3.8) is 0 Å². The molecule has 0 radical (unpaired) electrons. The number of benzene rings is 1. The highest BCUT2D eigenvalue weighted by atomic mass is 127. The van der Waals surface area contributed by atoms with Gasteiger partial charge >= 0.3 is 5.82 Å². The second kappa shape index (κ2) is 12.6. The first-order valence-corrected chi connectivity index (χ1v) is 10.9. The van der Waals surface area contributed by atoms with Crippen LogP contribution in [0.25, 0.3) is 12.2 Å². The van der Waals surface area contributed by atoms with Gasteiger partial charge in [0.1, 0.15) is 18.8 Å². The van der Waals surface area contributed by atoms with Gasteiger partial charge in [-0.05, 0) is 34.6 Å². The van der Waals surface area contributed by atoms with Gasteiger partial charge in [-0.25, -0.2) is 9.55 Å². The van der Waals surface area contributed by atoms with E-state index in [-0.39, 0.29) is 12.4 Å². The normalized spacial score (nSPS) is 12.1. The first-order valence-electron chi connectivity index (χ1n) is 8.76. The number of aliphatic hydroxyl groups excluding tert-OH is 1. The lowest BCUT2D eigenvalue weighted by Gasteiger charge is -2.21. The van der Waals surface area contributed by atoms with Gasteiger partial charge in [-0.1, -0.05) is 66.8 Å². The molecule has 1 heterocycles. The quantitative estimate of drug-likeness (QED) is 0.253. The molecular weight excluding hydrogens is 459 g/mol.